The summed E-state index contributed by atoms with van der Waals surface area (Å²) in [6.07, 6.45) is 5.34. The lowest BCUT2D eigenvalue weighted by Crippen LogP contribution is -2.40. The van der Waals surface area contributed by atoms with Crippen LogP contribution in [-0.2, 0) is 14.4 Å². The van der Waals surface area contributed by atoms with Crippen LogP contribution in [0.2, 0.25) is 0 Å². The van der Waals surface area contributed by atoms with Gasteiger partial charge in [0.15, 0.2) is 0 Å². The number of nitrogens with one attached hydrogen (secondary N) is 1. The summed E-state index contributed by atoms with van der Waals surface area (Å²) in [5, 5.41) is 12.0. The molecule has 0 unspecified atom stereocenters. The Bertz CT molecular complexity index is 410. The van der Waals surface area contributed by atoms with Gasteiger partial charge in [0.05, 0.1) is 11.8 Å². The molecule has 21 heavy (non-hydrogen) atoms. The van der Waals surface area contributed by atoms with Crippen molar-refractivity contribution in [3.8, 4) is 0 Å². The number of carbonyl (C=O) groups excluding carboxylic acids is 2. The number of amides is 2. The van der Waals surface area contributed by atoms with Gasteiger partial charge >= 0.3 is 5.97 Å². The molecule has 1 aliphatic heterocycles. The summed E-state index contributed by atoms with van der Waals surface area (Å²) in [4.78, 5) is 36.6. The maximum Gasteiger partial charge on any atom is 0.307 e. The van der Waals surface area contributed by atoms with Crippen LogP contribution >= 0.6 is 0 Å². The Morgan fingerprint density at radius 1 is 1.19 bits per heavy atom. The van der Waals surface area contributed by atoms with E-state index in [2.05, 4.69) is 5.32 Å². The number of carboxylic acids is 1. The zero-order valence-electron chi connectivity index (χ0n) is 12.3. The van der Waals surface area contributed by atoms with Crippen molar-refractivity contribution in [3.63, 3.8) is 0 Å². The van der Waals surface area contributed by atoms with E-state index in [0.29, 0.717) is 32.4 Å². The van der Waals surface area contributed by atoms with Crippen LogP contribution in [0.3, 0.4) is 0 Å². The molecule has 2 fully saturated rings. The van der Waals surface area contributed by atoms with Crippen LogP contribution in [0.15, 0.2) is 0 Å². The Labute approximate surface area is 124 Å². The summed E-state index contributed by atoms with van der Waals surface area (Å²) < 4.78 is 0. The van der Waals surface area contributed by atoms with Crippen molar-refractivity contribution in [1.82, 2.24) is 10.2 Å². The van der Waals surface area contributed by atoms with Crippen LogP contribution in [-0.4, -0.2) is 47.4 Å². The fraction of sp³-hybridized carbons (Fsp3) is 0.800. The molecule has 2 rings (SSSR count). The van der Waals surface area contributed by atoms with E-state index in [-0.39, 0.29) is 11.8 Å². The number of hydrogen-bond donors (Lipinski definition) is 2. The van der Waals surface area contributed by atoms with Crippen LogP contribution in [0.1, 0.15) is 44.9 Å². The summed E-state index contributed by atoms with van der Waals surface area (Å²) in [6, 6.07) is 0. The molecule has 0 bridgehead atoms. The Kier molecular flexibility index (Phi) is 5.59. The van der Waals surface area contributed by atoms with E-state index in [4.69, 9.17) is 0 Å². The minimum atomic E-state index is -0.863. The number of nitrogens with zero attached hydrogens (tertiary/aromatic N) is 1. The maximum atomic E-state index is 12.1. The standard InChI is InChI=1S/C15H24N2O4/c18-13-7-3-9-17(13)10-4-8-16-14(19)11-5-1-2-6-12(11)15(20)21/h11-12H,1-10H2,(H,16,19)(H,20,21)/t11-,12+/m0/s1. The largest absolute Gasteiger partial charge is 0.481 e. The molecular weight excluding hydrogens is 272 g/mol. The van der Waals surface area contributed by atoms with Gasteiger partial charge in [-0.2, -0.15) is 0 Å². The second-order valence-corrected chi connectivity index (χ2v) is 5.96. The first-order valence-electron chi connectivity index (χ1n) is 7.88. The first kappa shape index (κ1) is 15.8. The minimum Gasteiger partial charge on any atom is -0.481 e. The van der Waals surface area contributed by atoms with E-state index in [0.717, 1.165) is 32.2 Å². The number of carboxylic acid groups (broad SMARTS) is 1. The van der Waals surface area contributed by atoms with E-state index in [1.54, 1.807) is 0 Å². The van der Waals surface area contributed by atoms with Gasteiger partial charge in [0.1, 0.15) is 0 Å². The van der Waals surface area contributed by atoms with E-state index >= 15 is 0 Å². The quantitative estimate of drug-likeness (QED) is 0.716. The maximum absolute atomic E-state index is 12.1. The first-order valence-corrected chi connectivity index (χ1v) is 7.88. The van der Waals surface area contributed by atoms with E-state index in [1.807, 2.05) is 4.90 Å². The van der Waals surface area contributed by atoms with Gasteiger partial charge < -0.3 is 15.3 Å². The fourth-order valence-corrected chi connectivity index (χ4v) is 3.29. The van der Waals surface area contributed by atoms with Crippen molar-refractivity contribution in [2.45, 2.75) is 44.9 Å². The lowest BCUT2D eigenvalue weighted by atomic mass is 9.79. The fourth-order valence-electron chi connectivity index (χ4n) is 3.29. The average molecular weight is 296 g/mol. The molecule has 6 heteroatoms. The molecule has 0 aromatic heterocycles. The third kappa shape index (κ3) is 4.19. The lowest BCUT2D eigenvalue weighted by molar-refractivity contribution is -0.148. The summed E-state index contributed by atoms with van der Waals surface area (Å²) in [5.74, 6) is -1.75. The van der Waals surface area contributed by atoms with Crippen molar-refractivity contribution in [1.29, 1.82) is 0 Å². The molecule has 6 nitrogen and oxygen atoms in total. The predicted octanol–water partition coefficient (Wildman–Crippen LogP) is 1.01. The number of rotatable bonds is 6. The Hall–Kier alpha value is -1.59. The molecular formula is C15H24N2O4. The normalized spacial score (nSPS) is 25.9. The van der Waals surface area contributed by atoms with Crippen molar-refractivity contribution < 1.29 is 19.5 Å². The highest BCUT2D eigenvalue weighted by Gasteiger charge is 2.35. The van der Waals surface area contributed by atoms with E-state index in [1.165, 1.54) is 0 Å². The van der Waals surface area contributed by atoms with Gasteiger partial charge in [-0.3, -0.25) is 14.4 Å². The van der Waals surface area contributed by atoms with Gasteiger partial charge in [-0.25, -0.2) is 0 Å². The van der Waals surface area contributed by atoms with Gasteiger partial charge in [-0.05, 0) is 25.7 Å². The summed E-state index contributed by atoms with van der Waals surface area (Å²) in [7, 11) is 0. The molecule has 1 aliphatic carbocycles. The minimum absolute atomic E-state index is 0.144. The Balaban J connectivity index is 1.70. The summed E-state index contributed by atoms with van der Waals surface area (Å²) >= 11 is 0. The smallest absolute Gasteiger partial charge is 0.307 e. The van der Waals surface area contributed by atoms with Crippen molar-refractivity contribution in [3.05, 3.63) is 0 Å². The Morgan fingerprint density at radius 3 is 2.52 bits per heavy atom. The summed E-state index contributed by atoms with van der Waals surface area (Å²) in [6.45, 7) is 1.99. The molecule has 0 aromatic carbocycles. The SMILES string of the molecule is O=C(NCCCN1CCCC1=O)[C@H]1CCCC[C@H]1C(=O)O. The van der Waals surface area contributed by atoms with Crippen LogP contribution in [0.25, 0.3) is 0 Å². The highest BCUT2D eigenvalue weighted by Crippen LogP contribution is 2.30. The van der Waals surface area contributed by atoms with Crippen molar-refractivity contribution >= 4 is 17.8 Å². The third-order valence-electron chi connectivity index (χ3n) is 4.50. The Morgan fingerprint density at radius 2 is 1.90 bits per heavy atom. The number of hydrogen-bond acceptors (Lipinski definition) is 3. The third-order valence-corrected chi connectivity index (χ3v) is 4.50. The van der Waals surface area contributed by atoms with Crippen LogP contribution in [0.4, 0.5) is 0 Å². The first-order chi connectivity index (χ1) is 10.1. The number of likely N-dealkylation sites (tertiary alicyclic amines) is 1. The van der Waals surface area contributed by atoms with E-state index < -0.39 is 17.8 Å². The number of aliphatic carboxylic acids is 1. The molecule has 0 aromatic rings. The monoisotopic (exact) mass is 296 g/mol. The average Bonchev–Trinajstić information content (AvgIpc) is 2.88. The predicted molar refractivity (Wildman–Crippen MR) is 76.5 cm³/mol. The summed E-state index contributed by atoms with van der Waals surface area (Å²) in [5.41, 5.74) is 0. The van der Waals surface area contributed by atoms with Crippen LogP contribution in [0, 0.1) is 11.8 Å². The van der Waals surface area contributed by atoms with E-state index in [9.17, 15) is 19.5 Å². The van der Waals surface area contributed by atoms with Gasteiger partial charge in [0.25, 0.3) is 0 Å². The second kappa shape index (κ2) is 7.43. The molecule has 2 aliphatic rings. The lowest BCUT2D eigenvalue weighted by Gasteiger charge is -2.27. The van der Waals surface area contributed by atoms with Crippen molar-refractivity contribution in [2.24, 2.45) is 11.8 Å². The molecule has 0 spiro atoms. The zero-order chi connectivity index (χ0) is 15.2. The van der Waals surface area contributed by atoms with Crippen molar-refractivity contribution in [2.75, 3.05) is 19.6 Å². The molecule has 1 saturated carbocycles. The second-order valence-electron chi connectivity index (χ2n) is 5.96. The van der Waals surface area contributed by atoms with Gasteiger partial charge in [-0.1, -0.05) is 12.8 Å². The molecule has 0 radical (unpaired) electrons. The number of carbonyl (C=O) groups is 3. The molecule has 2 atom stereocenters. The molecule has 118 valence electrons. The highest BCUT2D eigenvalue weighted by molar-refractivity contribution is 5.84. The van der Waals surface area contributed by atoms with Gasteiger partial charge in [-0.15, -0.1) is 0 Å². The van der Waals surface area contributed by atoms with Gasteiger partial charge in [0.2, 0.25) is 11.8 Å². The molecule has 1 saturated heterocycles. The molecule has 2 amide bonds. The molecule has 2 N–H and O–H groups in total. The molecule has 1 heterocycles. The zero-order valence-corrected chi connectivity index (χ0v) is 12.3. The van der Waals surface area contributed by atoms with Crippen LogP contribution < -0.4 is 5.32 Å². The van der Waals surface area contributed by atoms with Crippen LogP contribution in [0.5, 0.6) is 0 Å². The topological polar surface area (TPSA) is 86.7 Å². The van der Waals surface area contributed by atoms with Gasteiger partial charge in [0, 0.05) is 26.1 Å². The highest BCUT2D eigenvalue weighted by atomic mass is 16.4.